The van der Waals surface area contributed by atoms with Crippen molar-refractivity contribution in [3.05, 3.63) is 29.8 Å². The van der Waals surface area contributed by atoms with Crippen LogP contribution in [0, 0.1) is 0 Å². The molecular weight excluding hydrogens is 352 g/mol. The van der Waals surface area contributed by atoms with Gasteiger partial charge in [-0.15, -0.1) is 0 Å². The van der Waals surface area contributed by atoms with Crippen LogP contribution < -0.4 is 16.4 Å². The molecule has 0 spiro atoms. The zero-order valence-electron chi connectivity index (χ0n) is 15.1. The molecule has 9 heteroatoms. The van der Waals surface area contributed by atoms with Crippen molar-refractivity contribution >= 4 is 24.1 Å². The first-order chi connectivity index (χ1) is 13.0. The van der Waals surface area contributed by atoms with Crippen LogP contribution in [0.15, 0.2) is 24.3 Å². The summed E-state index contributed by atoms with van der Waals surface area (Å²) < 4.78 is 0. The minimum Gasteiger partial charge on any atom is -0.508 e. The molecule has 1 saturated heterocycles. The van der Waals surface area contributed by atoms with Gasteiger partial charge in [-0.25, -0.2) is 0 Å². The monoisotopic (exact) mass is 378 g/mol. The summed E-state index contributed by atoms with van der Waals surface area (Å²) in [6.45, 7) is 1.34. The van der Waals surface area contributed by atoms with Crippen molar-refractivity contribution in [3.63, 3.8) is 0 Å². The van der Waals surface area contributed by atoms with E-state index in [-0.39, 0.29) is 49.4 Å². The zero-order chi connectivity index (χ0) is 20.1. The van der Waals surface area contributed by atoms with Crippen molar-refractivity contribution in [3.8, 4) is 5.75 Å². The van der Waals surface area contributed by atoms with Gasteiger partial charge < -0.3 is 26.4 Å². The molecule has 0 saturated carbocycles. The van der Waals surface area contributed by atoms with Gasteiger partial charge in [0.25, 0.3) is 0 Å². The molecule has 4 amide bonds. The number of aromatic hydroxyl groups is 1. The van der Waals surface area contributed by atoms with E-state index in [1.165, 1.54) is 0 Å². The van der Waals surface area contributed by atoms with Gasteiger partial charge in [-0.1, -0.05) is 12.1 Å². The topological polar surface area (TPSA) is 142 Å². The molecule has 1 aliphatic heterocycles. The number of nitrogens with one attached hydrogen (secondary N) is 2. The molecule has 1 heterocycles. The van der Waals surface area contributed by atoms with E-state index in [2.05, 4.69) is 16.4 Å². The summed E-state index contributed by atoms with van der Waals surface area (Å²) in [5.74, 6) is -0.507. The number of carbonyl (C=O) groups is 4. The highest BCUT2D eigenvalue weighted by Crippen LogP contribution is 2.11. The van der Waals surface area contributed by atoms with Crippen LogP contribution in [0.5, 0.6) is 5.75 Å². The molecule has 1 aromatic rings. The van der Waals surface area contributed by atoms with E-state index < -0.39 is 0 Å². The van der Waals surface area contributed by atoms with Crippen molar-refractivity contribution in [2.75, 3.05) is 26.2 Å². The Balaban J connectivity index is 0.00000114. The van der Waals surface area contributed by atoms with Crippen molar-refractivity contribution in [1.82, 2.24) is 15.5 Å². The molecule has 27 heavy (non-hydrogen) atoms. The van der Waals surface area contributed by atoms with Crippen LogP contribution in [0.2, 0.25) is 0 Å². The molecule has 0 aromatic heterocycles. The first-order valence-corrected chi connectivity index (χ1v) is 8.70. The summed E-state index contributed by atoms with van der Waals surface area (Å²) in [5.41, 5.74) is 5.10. The number of aryl methyl sites for hydroxylation is 1. The largest absolute Gasteiger partial charge is 0.508 e. The Kier molecular flexibility index (Phi) is 9.98. The molecule has 0 aliphatic carbocycles. The minimum absolute atomic E-state index is 0.0256. The van der Waals surface area contributed by atoms with Crippen LogP contribution in [0.1, 0.15) is 24.8 Å². The Morgan fingerprint density at radius 2 is 1.59 bits per heavy atom. The number of primary amides is 1. The molecule has 1 aromatic carbocycles. The van der Waals surface area contributed by atoms with Crippen LogP contribution in [0.25, 0.3) is 0 Å². The van der Waals surface area contributed by atoms with Crippen LogP contribution in [0.4, 0.5) is 0 Å². The Bertz CT molecular complexity index is 627. The molecule has 1 aliphatic rings. The van der Waals surface area contributed by atoms with Gasteiger partial charge in [-0.3, -0.25) is 19.2 Å². The number of amides is 4. The molecule has 0 bridgehead atoms. The Morgan fingerprint density at radius 3 is 2.19 bits per heavy atom. The third-order valence-corrected chi connectivity index (χ3v) is 3.92. The van der Waals surface area contributed by atoms with Crippen LogP contribution in [0.3, 0.4) is 0 Å². The van der Waals surface area contributed by atoms with Crippen molar-refractivity contribution in [2.45, 2.75) is 25.7 Å². The first-order valence-electron chi connectivity index (χ1n) is 8.70. The Labute approximate surface area is 157 Å². The normalized spacial score (nSPS) is 12.5. The van der Waals surface area contributed by atoms with E-state index in [4.69, 9.17) is 4.79 Å². The maximum Gasteiger partial charge on any atom is 0.241 e. The van der Waals surface area contributed by atoms with Crippen LogP contribution in [-0.2, 0) is 25.6 Å². The number of phenolic OH excluding ortho intramolecular Hbond substituents is 1. The molecule has 0 unspecified atom stereocenters. The Morgan fingerprint density at radius 1 is 1.04 bits per heavy atom. The van der Waals surface area contributed by atoms with Gasteiger partial charge in [0.1, 0.15) is 5.75 Å². The number of nitrogens with zero attached hydrogens (tertiary/aromatic N) is 1. The summed E-state index contributed by atoms with van der Waals surface area (Å²) in [5, 5.41) is 14.2. The number of nitrogens with two attached hydrogens (primary N) is 1. The molecule has 0 radical (unpaired) electrons. The van der Waals surface area contributed by atoms with E-state index in [9.17, 15) is 19.5 Å². The second kappa shape index (κ2) is 12.3. The van der Waals surface area contributed by atoms with Crippen LogP contribution in [-0.4, -0.2) is 60.3 Å². The highest BCUT2D eigenvalue weighted by Gasteiger charge is 2.18. The number of hydrogen-bond donors (Lipinski definition) is 4. The lowest BCUT2D eigenvalue weighted by Gasteiger charge is -2.15. The predicted molar refractivity (Wildman–Crippen MR) is 98.5 cm³/mol. The quantitative estimate of drug-likeness (QED) is 0.463. The van der Waals surface area contributed by atoms with Gasteiger partial charge in [0.05, 0.1) is 13.1 Å². The number of benzene rings is 1. The highest BCUT2D eigenvalue weighted by molar-refractivity contribution is 5.88. The van der Waals surface area contributed by atoms with Gasteiger partial charge in [0, 0.05) is 19.5 Å². The summed E-state index contributed by atoms with van der Waals surface area (Å²) in [6.07, 6.45) is 3.06. The second-order valence-electron chi connectivity index (χ2n) is 5.94. The molecule has 148 valence electrons. The standard InChI is InChI=1S/C17H23N3O4.CH3NO/c21-14-6-3-13(4-7-14)5-8-15(22)18-11-16(23)19-12-17(24)20-9-1-2-10-20;2-1-3/h3-4,6-7,21H,1-2,5,8-12H2,(H,18,22)(H,19,23);1H,(H2,2,3). The van der Waals surface area contributed by atoms with Crippen molar-refractivity contribution in [2.24, 2.45) is 5.73 Å². The fourth-order valence-electron chi connectivity index (χ4n) is 2.50. The molecular formula is C18H26N4O5. The Hall–Kier alpha value is -3.10. The van der Waals surface area contributed by atoms with Gasteiger partial charge in [-0.05, 0) is 37.0 Å². The summed E-state index contributed by atoms with van der Waals surface area (Å²) in [6, 6.07) is 6.63. The third-order valence-electron chi connectivity index (χ3n) is 3.92. The summed E-state index contributed by atoms with van der Waals surface area (Å²) in [4.78, 5) is 45.5. The molecule has 5 N–H and O–H groups in total. The number of carbonyl (C=O) groups excluding carboxylic acids is 4. The second-order valence-corrected chi connectivity index (χ2v) is 5.94. The maximum atomic E-state index is 11.8. The molecule has 2 rings (SSSR count). The minimum atomic E-state index is -0.375. The number of hydrogen-bond acceptors (Lipinski definition) is 5. The zero-order valence-corrected chi connectivity index (χ0v) is 15.1. The van der Waals surface area contributed by atoms with Crippen molar-refractivity contribution in [1.29, 1.82) is 0 Å². The summed E-state index contributed by atoms with van der Waals surface area (Å²) in [7, 11) is 0. The van der Waals surface area contributed by atoms with Crippen molar-refractivity contribution < 1.29 is 24.3 Å². The van der Waals surface area contributed by atoms with E-state index in [1.54, 1.807) is 29.2 Å². The number of likely N-dealkylation sites (tertiary alicyclic amines) is 1. The van der Waals surface area contributed by atoms with Gasteiger partial charge in [-0.2, -0.15) is 0 Å². The fourth-order valence-corrected chi connectivity index (χ4v) is 2.50. The molecule has 1 fully saturated rings. The maximum absolute atomic E-state index is 11.8. The number of rotatable bonds is 7. The van der Waals surface area contributed by atoms with Gasteiger partial charge in [0.2, 0.25) is 24.1 Å². The number of phenols is 1. The lowest BCUT2D eigenvalue weighted by atomic mass is 10.1. The predicted octanol–water partition coefficient (Wildman–Crippen LogP) is -0.719. The highest BCUT2D eigenvalue weighted by atomic mass is 16.3. The third kappa shape index (κ3) is 9.24. The van der Waals surface area contributed by atoms with Gasteiger partial charge in [0.15, 0.2) is 0 Å². The average Bonchev–Trinajstić information content (AvgIpc) is 3.19. The van der Waals surface area contributed by atoms with E-state index >= 15 is 0 Å². The SMILES string of the molecule is NC=O.O=C(CCc1ccc(O)cc1)NCC(=O)NCC(=O)N1CCCC1. The lowest BCUT2D eigenvalue weighted by Crippen LogP contribution is -2.42. The van der Waals surface area contributed by atoms with Gasteiger partial charge >= 0.3 is 0 Å². The lowest BCUT2D eigenvalue weighted by molar-refractivity contribution is -0.132. The first kappa shape index (κ1) is 21.9. The summed E-state index contributed by atoms with van der Waals surface area (Å²) >= 11 is 0. The fraction of sp³-hybridized carbons (Fsp3) is 0.444. The van der Waals surface area contributed by atoms with E-state index in [0.29, 0.717) is 6.42 Å². The van der Waals surface area contributed by atoms with E-state index in [1.807, 2.05) is 0 Å². The molecule has 9 nitrogen and oxygen atoms in total. The molecule has 0 atom stereocenters. The van der Waals surface area contributed by atoms with E-state index in [0.717, 1.165) is 31.5 Å². The van der Waals surface area contributed by atoms with Crippen LogP contribution >= 0.6 is 0 Å². The average molecular weight is 378 g/mol. The smallest absolute Gasteiger partial charge is 0.241 e.